The fourth-order valence-corrected chi connectivity index (χ4v) is 5.22. The van der Waals surface area contributed by atoms with Crippen molar-refractivity contribution in [2.45, 2.75) is 82.9 Å². The van der Waals surface area contributed by atoms with Crippen molar-refractivity contribution in [3.8, 4) is 17.2 Å². The molecule has 1 fully saturated rings. The number of carbonyl (C=O) groups excluding carboxylic acids is 2. The van der Waals surface area contributed by atoms with E-state index in [9.17, 15) is 14.7 Å². The molecular formula is C28H43N3O6. The van der Waals surface area contributed by atoms with E-state index in [1.54, 1.807) is 23.2 Å². The molecule has 2 aliphatic heterocycles. The van der Waals surface area contributed by atoms with Crippen LogP contribution in [0.3, 0.4) is 0 Å². The fraction of sp³-hybridized carbons (Fsp3) is 0.643. The third kappa shape index (κ3) is 6.57. The maximum atomic E-state index is 13.1. The third-order valence-electron chi connectivity index (χ3n) is 7.35. The van der Waals surface area contributed by atoms with Crippen LogP contribution in [-0.4, -0.2) is 73.4 Å². The van der Waals surface area contributed by atoms with E-state index in [1.165, 1.54) is 60.5 Å². The van der Waals surface area contributed by atoms with E-state index < -0.39 is 24.1 Å². The summed E-state index contributed by atoms with van der Waals surface area (Å²) in [7, 11) is 6.10. The second-order valence-corrected chi connectivity index (χ2v) is 9.85. The first-order valence-corrected chi connectivity index (χ1v) is 13.4. The van der Waals surface area contributed by atoms with Gasteiger partial charge in [0.25, 0.3) is 0 Å². The molecule has 1 aromatic carbocycles. The van der Waals surface area contributed by atoms with Gasteiger partial charge in [-0.15, -0.1) is 0 Å². The van der Waals surface area contributed by atoms with Gasteiger partial charge >= 0.3 is 0 Å². The zero-order valence-corrected chi connectivity index (χ0v) is 22.9. The van der Waals surface area contributed by atoms with Crippen LogP contribution in [0.15, 0.2) is 24.3 Å². The third-order valence-corrected chi connectivity index (χ3v) is 7.35. The highest BCUT2D eigenvalue weighted by Gasteiger charge is 2.52. The number of carbonyl (C=O) groups is 2. The molecule has 0 spiro atoms. The summed E-state index contributed by atoms with van der Waals surface area (Å²) in [6, 6.07) is 2.22. The number of fused-ring (bicyclic) bond motifs is 1. The smallest absolute Gasteiger partial charge is 0.249 e. The van der Waals surface area contributed by atoms with E-state index >= 15 is 0 Å². The van der Waals surface area contributed by atoms with Crippen molar-refractivity contribution in [2.24, 2.45) is 5.92 Å². The molecule has 4 atom stereocenters. The Morgan fingerprint density at radius 3 is 2.05 bits per heavy atom. The average Bonchev–Trinajstić information content (AvgIpc) is 3.13. The molecule has 2 N–H and O–H groups in total. The number of benzene rings is 1. The van der Waals surface area contributed by atoms with Gasteiger partial charge in [-0.1, -0.05) is 70.4 Å². The number of likely N-dealkylation sites (tertiary alicyclic amines) is 1. The Balaban J connectivity index is 1.77. The standard InChI is InChI=1S/C28H43N3O6/c1-6-7-8-9-10-11-12-13-14-22(32)21-16-15-20-25(28(34)30(2)27(20)33)31(21)29-19-17-23(35-3)26(37-5)24(18-19)36-4/h15-18,20-22,25,29,32H,6-14H2,1-5H3. The van der Waals surface area contributed by atoms with Gasteiger partial charge in [-0.05, 0) is 6.42 Å². The van der Waals surface area contributed by atoms with Crippen LogP contribution in [-0.2, 0) is 9.59 Å². The lowest BCUT2D eigenvalue weighted by molar-refractivity contribution is -0.138. The van der Waals surface area contributed by atoms with E-state index in [4.69, 9.17) is 14.2 Å². The minimum atomic E-state index is -0.764. The number of hydrazine groups is 1. The molecule has 2 amide bonds. The normalized spacial score (nSPS) is 22.2. The first-order valence-electron chi connectivity index (χ1n) is 13.4. The van der Waals surface area contributed by atoms with Crippen LogP contribution in [0.2, 0.25) is 0 Å². The van der Waals surface area contributed by atoms with Gasteiger partial charge in [0.05, 0.1) is 45.1 Å². The lowest BCUT2D eigenvalue weighted by Gasteiger charge is -2.40. The highest BCUT2D eigenvalue weighted by atomic mass is 16.5. The first-order chi connectivity index (χ1) is 17.9. The summed E-state index contributed by atoms with van der Waals surface area (Å²) in [4.78, 5) is 27.0. The number of methoxy groups -OCH3 is 3. The number of hydrogen-bond acceptors (Lipinski definition) is 8. The molecule has 0 aromatic heterocycles. The molecule has 2 heterocycles. The Bertz CT molecular complexity index is 927. The number of nitrogens with zero attached hydrogens (tertiary/aromatic N) is 2. The van der Waals surface area contributed by atoms with E-state index in [0.29, 0.717) is 29.4 Å². The minimum absolute atomic E-state index is 0.251. The largest absolute Gasteiger partial charge is 0.493 e. The molecule has 2 aliphatic rings. The SMILES string of the molecule is CCCCCCCCCCC(O)C1C=CC2C(=O)N(C)C(=O)C2N1Nc1cc(OC)c(OC)c(OC)c1. The van der Waals surface area contributed by atoms with E-state index in [0.717, 1.165) is 24.2 Å². The van der Waals surface area contributed by atoms with Crippen LogP contribution < -0.4 is 19.6 Å². The number of imide groups is 1. The zero-order chi connectivity index (χ0) is 26.9. The predicted octanol–water partition coefficient (Wildman–Crippen LogP) is 4.15. The van der Waals surface area contributed by atoms with E-state index in [2.05, 4.69) is 12.3 Å². The van der Waals surface area contributed by atoms with Crippen LogP contribution in [0.5, 0.6) is 17.2 Å². The van der Waals surface area contributed by atoms with Crippen LogP contribution in [0.25, 0.3) is 0 Å². The number of hydrogen-bond donors (Lipinski definition) is 2. The highest BCUT2D eigenvalue weighted by molar-refractivity contribution is 6.08. The number of unbranched alkanes of at least 4 members (excludes halogenated alkanes) is 7. The molecule has 1 aromatic rings. The van der Waals surface area contributed by atoms with Gasteiger partial charge in [-0.25, -0.2) is 5.01 Å². The van der Waals surface area contributed by atoms with Crippen molar-refractivity contribution < 1.29 is 28.9 Å². The molecular weight excluding hydrogens is 474 g/mol. The van der Waals surface area contributed by atoms with Gasteiger partial charge in [-0.3, -0.25) is 14.5 Å². The van der Waals surface area contributed by atoms with Crippen molar-refractivity contribution in [3.63, 3.8) is 0 Å². The fourth-order valence-electron chi connectivity index (χ4n) is 5.22. The number of likely N-dealkylation sites (N-methyl/N-ethyl adjacent to an activating group) is 1. The van der Waals surface area contributed by atoms with E-state index in [-0.39, 0.29) is 11.8 Å². The number of rotatable bonds is 15. The topological polar surface area (TPSA) is 101 Å². The van der Waals surface area contributed by atoms with Crippen molar-refractivity contribution in [1.29, 1.82) is 0 Å². The van der Waals surface area contributed by atoms with Gasteiger partial charge < -0.3 is 24.7 Å². The van der Waals surface area contributed by atoms with Crippen LogP contribution >= 0.6 is 0 Å². The number of aliphatic hydroxyl groups excluding tert-OH is 1. The average molecular weight is 518 g/mol. The Labute approximate surface area is 220 Å². The molecule has 0 radical (unpaired) electrons. The predicted molar refractivity (Wildman–Crippen MR) is 143 cm³/mol. The second-order valence-electron chi connectivity index (χ2n) is 9.85. The number of ether oxygens (including phenoxy) is 3. The highest BCUT2D eigenvalue weighted by Crippen LogP contribution is 2.41. The Hall–Kier alpha value is -2.78. The lowest BCUT2D eigenvalue weighted by Crippen LogP contribution is -2.57. The molecule has 9 heteroatoms. The van der Waals surface area contributed by atoms with Crippen molar-refractivity contribution in [2.75, 3.05) is 33.8 Å². The Morgan fingerprint density at radius 1 is 0.892 bits per heavy atom. The van der Waals surface area contributed by atoms with Crippen LogP contribution in [0, 0.1) is 5.92 Å². The molecule has 37 heavy (non-hydrogen) atoms. The summed E-state index contributed by atoms with van der Waals surface area (Å²) in [6.07, 6.45) is 12.9. The molecule has 206 valence electrons. The lowest BCUT2D eigenvalue weighted by atomic mass is 9.91. The molecule has 3 rings (SSSR count). The number of nitrogens with one attached hydrogen (secondary N) is 1. The van der Waals surface area contributed by atoms with Gasteiger partial charge in [0, 0.05) is 19.2 Å². The van der Waals surface area contributed by atoms with Crippen LogP contribution in [0.1, 0.15) is 64.7 Å². The minimum Gasteiger partial charge on any atom is -0.493 e. The maximum absolute atomic E-state index is 13.1. The monoisotopic (exact) mass is 517 g/mol. The number of amides is 2. The molecule has 4 unspecified atom stereocenters. The molecule has 9 nitrogen and oxygen atoms in total. The zero-order valence-electron chi connectivity index (χ0n) is 22.9. The summed E-state index contributed by atoms with van der Waals surface area (Å²) in [5.41, 5.74) is 3.88. The molecule has 0 aliphatic carbocycles. The summed E-state index contributed by atoms with van der Waals surface area (Å²) in [5, 5.41) is 12.9. The second kappa shape index (κ2) is 13.7. The summed E-state index contributed by atoms with van der Waals surface area (Å²) < 4.78 is 16.4. The molecule has 1 saturated heterocycles. The van der Waals surface area contributed by atoms with Crippen molar-refractivity contribution in [1.82, 2.24) is 9.91 Å². The number of aliphatic hydroxyl groups is 1. The van der Waals surface area contributed by atoms with Crippen molar-refractivity contribution in [3.05, 3.63) is 24.3 Å². The van der Waals surface area contributed by atoms with Gasteiger partial charge in [0.1, 0.15) is 6.04 Å². The first kappa shape index (κ1) is 28.8. The van der Waals surface area contributed by atoms with Gasteiger partial charge in [0.2, 0.25) is 17.6 Å². The summed E-state index contributed by atoms with van der Waals surface area (Å²) in [6.45, 7) is 2.22. The quantitative estimate of drug-likeness (QED) is 0.203. The van der Waals surface area contributed by atoms with Crippen LogP contribution in [0.4, 0.5) is 5.69 Å². The Kier molecular flexibility index (Phi) is 10.6. The summed E-state index contributed by atoms with van der Waals surface area (Å²) >= 11 is 0. The van der Waals surface area contributed by atoms with Gasteiger partial charge in [-0.2, -0.15) is 0 Å². The molecule has 0 bridgehead atoms. The molecule has 0 saturated carbocycles. The van der Waals surface area contributed by atoms with Crippen molar-refractivity contribution >= 4 is 17.5 Å². The Morgan fingerprint density at radius 2 is 1.49 bits per heavy atom. The summed E-state index contributed by atoms with van der Waals surface area (Å²) in [5.74, 6) is 0.192. The van der Waals surface area contributed by atoms with E-state index in [1.807, 2.05) is 6.08 Å². The maximum Gasteiger partial charge on any atom is 0.249 e. The van der Waals surface area contributed by atoms with Gasteiger partial charge in [0.15, 0.2) is 11.5 Å². The number of anilines is 1.